The highest BCUT2D eigenvalue weighted by atomic mass is 35.5. The van der Waals surface area contributed by atoms with Crippen molar-refractivity contribution >= 4 is 45.3 Å². The maximum atomic E-state index is 13.6. The summed E-state index contributed by atoms with van der Waals surface area (Å²) < 4.78 is 44.2. The Morgan fingerprint density at radius 3 is 2.44 bits per heavy atom. The van der Waals surface area contributed by atoms with E-state index in [4.69, 9.17) is 25.5 Å². The number of nitrogens with one attached hydrogen (secondary N) is 2. The van der Waals surface area contributed by atoms with Gasteiger partial charge in [0.2, 0.25) is 0 Å². The van der Waals surface area contributed by atoms with Crippen molar-refractivity contribution < 1.29 is 31.9 Å². The first-order chi connectivity index (χ1) is 20.7. The first-order valence-electron chi connectivity index (χ1n) is 12.9. The molecule has 43 heavy (non-hydrogen) atoms. The lowest BCUT2D eigenvalue weighted by Gasteiger charge is -2.25. The fourth-order valence-corrected chi connectivity index (χ4v) is 5.38. The molecule has 1 heterocycles. The van der Waals surface area contributed by atoms with Gasteiger partial charge in [0.05, 0.1) is 36.7 Å². The second kappa shape index (κ2) is 14.4. The summed E-state index contributed by atoms with van der Waals surface area (Å²) >= 11 is 6.17. The molecule has 224 valence electrons. The predicted octanol–water partition coefficient (Wildman–Crippen LogP) is 4.29. The van der Waals surface area contributed by atoms with E-state index in [2.05, 4.69) is 15.8 Å². The number of methoxy groups -OCH3 is 1. The number of furan rings is 1. The van der Waals surface area contributed by atoms with E-state index in [0.29, 0.717) is 17.1 Å². The zero-order chi connectivity index (χ0) is 30.8. The van der Waals surface area contributed by atoms with Crippen molar-refractivity contribution in [3.05, 3.63) is 107 Å². The predicted molar refractivity (Wildman–Crippen MR) is 162 cm³/mol. The normalized spacial score (nSPS) is 11.2. The summed E-state index contributed by atoms with van der Waals surface area (Å²) in [6.07, 6.45) is 2.91. The van der Waals surface area contributed by atoms with Crippen molar-refractivity contribution in [2.24, 2.45) is 5.10 Å². The van der Waals surface area contributed by atoms with Crippen molar-refractivity contribution in [1.82, 2.24) is 10.7 Å². The van der Waals surface area contributed by atoms with Crippen LogP contribution in [0.2, 0.25) is 5.02 Å². The lowest BCUT2D eigenvalue weighted by Crippen LogP contribution is -2.39. The molecule has 13 heteroatoms. The minimum absolute atomic E-state index is 0.00579. The number of amides is 2. The van der Waals surface area contributed by atoms with Gasteiger partial charge in [0.25, 0.3) is 21.8 Å². The van der Waals surface area contributed by atoms with Crippen molar-refractivity contribution in [3.63, 3.8) is 0 Å². The van der Waals surface area contributed by atoms with Gasteiger partial charge in [-0.05, 0) is 79.2 Å². The van der Waals surface area contributed by atoms with Gasteiger partial charge in [-0.25, -0.2) is 13.8 Å². The maximum absolute atomic E-state index is 13.6. The molecule has 2 amide bonds. The molecule has 0 aliphatic rings. The van der Waals surface area contributed by atoms with E-state index in [0.717, 1.165) is 9.87 Å². The van der Waals surface area contributed by atoms with Crippen LogP contribution in [0.4, 0.5) is 5.69 Å². The van der Waals surface area contributed by atoms with Crippen molar-refractivity contribution in [2.45, 2.75) is 18.4 Å². The van der Waals surface area contributed by atoms with Crippen molar-refractivity contribution in [2.75, 3.05) is 24.6 Å². The summed E-state index contributed by atoms with van der Waals surface area (Å²) in [5.41, 5.74) is 3.95. The van der Waals surface area contributed by atoms with Crippen molar-refractivity contribution in [3.8, 4) is 11.5 Å². The molecular formula is C30H29ClN4O7S. The molecule has 0 unspecified atom stereocenters. The molecule has 0 radical (unpaired) electrons. The van der Waals surface area contributed by atoms with Crippen LogP contribution >= 0.6 is 11.6 Å². The number of anilines is 1. The van der Waals surface area contributed by atoms with Gasteiger partial charge in [-0.15, -0.1) is 0 Å². The Hall–Kier alpha value is -4.81. The molecular weight excluding hydrogens is 596 g/mol. The van der Waals surface area contributed by atoms with E-state index in [9.17, 15) is 18.0 Å². The summed E-state index contributed by atoms with van der Waals surface area (Å²) in [4.78, 5) is 24.9. The Kier molecular flexibility index (Phi) is 10.4. The van der Waals surface area contributed by atoms with Crippen LogP contribution in [0.1, 0.15) is 16.9 Å². The van der Waals surface area contributed by atoms with Gasteiger partial charge in [-0.2, -0.15) is 5.10 Å². The third kappa shape index (κ3) is 8.60. The number of nitrogens with zero attached hydrogens (tertiary/aromatic N) is 2. The number of aryl methyl sites for hydroxylation is 1. The van der Waals surface area contributed by atoms with Gasteiger partial charge in [-0.1, -0.05) is 29.3 Å². The molecule has 0 saturated heterocycles. The average Bonchev–Trinajstić information content (AvgIpc) is 3.52. The third-order valence-corrected chi connectivity index (χ3v) is 8.01. The zero-order valence-corrected chi connectivity index (χ0v) is 24.9. The van der Waals surface area contributed by atoms with Crippen LogP contribution in [-0.4, -0.2) is 46.7 Å². The van der Waals surface area contributed by atoms with Crippen LogP contribution in [-0.2, 0) is 26.2 Å². The Bertz CT molecular complexity index is 1670. The number of hydrogen-bond acceptors (Lipinski definition) is 8. The molecule has 0 fully saturated rings. The third-order valence-electron chi connectivity index (χ3n) is 6.00. The van der Waals surface area contributed by atoms with Crippen LogP contribution in [0, 0.1) is 6.92 Å². The number of halogens is 1. The second-order valence-corrected chi connectivity index (χ2v) is 11.4. The molecule has 0 aliphatic heterocycles. The molecule has 4 rings (SSSR count). The van der Waals surface area contributed by atoms with E-state index in [-0.39, 0.29) is 40.4 Å². The monoisotopic (exact) mass is 624 g/mol. The number of rotatable bonds is 13. The van der Waals surface area contributed by atoms with Crippen molar-refractivity contribution in [1.29, 1.82) is 0 Å². The smallest absolute Gasteiger partial charge is 0.264 e. The Labute approximate surface area is 254 Å². The summed E-state index contributed by atoms with van der Waals surface area (Å²) in [6, 6.07) is 20.9. The van der Waals surface area contributed by atoms with Crippen LogP contribution < -0.4 is 24.5 Å². The Morgan fingerprint density at radius 1 is 1.02 bits per heavy atom. The summed E-state index contributed by atoms with van der Waals surface area (Å²) in [7, 11) is -2.80. The quantitative estimate of drug-likeness (QED) is 0.167. The van der Waals surface area contributed by atoms with E-state index in [1.54, 1.807) is 54.6 Å². The molecule has 0 aliphatic carbocycles. The van der Waals surface area contributed by atoms with Gasteiger partial charge >= 0.3 is 0 Å². The highest BCUT2D eigenvalue weighted by Gasteiger charge is 2.29. The van der Waals surface area contributed by atoms with E-state index in [1.807, 2.05) is 6.92 Å². The molecule has 0 bridgehead atoms. The van der Waals surface area contributed by atoms with Gasteiger partial charge in [0.15, 0.2) is 6.61 Å². The average molecular weight is 625 g/mol. The SMILES string of the molecule is COc1ccc(Cl)cc1N(CC(=O)N/N=C/c1ccc(OCC(=O)NCc2ccco2)cc1)S(=O)(=O)c1ccc(C)cc1. The number of carbonyl (C=O) groups excluding carboxylic acids is 2. The standard InChI is InChI=1S/C30H29ClN4O7S/c1-21-5-12-26(13-6-21)43(38,39)35(27-16-23(31)9-14-28(27)40-2)19-29(36)34-33-17-22-7-10-24(11-8-22)42-20-30(37)32-18-25-4-3-15-41-25/h3-17H,18-20H2,1-2H3,(H,32,37)(H,34,36)/b33-17+. The molecule has 2 N–H and O–H groups in total. The lowest BCUT2D eigenvalue weighted by atomic mass is 10.2. The number of hydrogen-bond donors (Lipinski definition) is 2. The van der Waals surface area contributed by atoms with Gasteiger partial charge in [0, 0.05) is 5.02 Å². The number of hydrazone groups is 1. The summed E-state index contributed by atoms with van der Waals surface area (Å²) in [5, 5.41) is 6.90. The highest BCUT2D eigenvalue weighted by molar-refractivity contribution is 7.92. The zero-order valence-electron chi connectivity index (χ0n) is 23.3. The van der Waals surface area contributed by atoms with Crippen LogP contribution in [0.15, 0.2) is 99.5 Å². The minimum Gasteiger partial charge on any atom is -0.495 e. The topological polar surface area (TPSA) is 140 Å². The molecule has 0 saturated carbocycles. The summed E-state index contributed by atoms with van der Waals surface area (Å²) in [5.74, 6) is 0.303. The Morgan fingerprint density at radius 2 is 1.77 bits per heavy atom. The number of ether oxygens (including phenoxy) is 2. The minimum atomic E-state index is -4.19. The fourth-order valence-electron chi connectivity index (χ4n) is 3.79. The fraction of sp³-hybridized carbons (Fsp3) is 0.167. The largest absolute Gasteiger partial charge is 0.495 e. The number of benzene rings is 3. The molecule has 3 aromatic carbocycles. The summed E-state index contributed by atoms with van der Waals surface area (Å²) in [6.45, 7) is 1.32. The second-order valence-electron chi connectivity index (χ2n) is 9.15. The first kappa shape index (κ1) is 31.1. The van der Waals surface area contributed by atoms with Gasteiger partial charge < -0.3 is 19.2 Å². The molecule has 0 atom stereocenters. The van der Waals surface area contributed by atoms with Crippen LogP contribution in [0.25, 0.3) is 0 Å². The van der Waals surface area contributed by atoms with E-state index >= 15 is 0 Å². The van der Waals surface area contributed by atoms with Crippen LogP contribution in [0.5, 0.6) is 11.5 Å². The highest BCUT2D eigenvalue weighted by Crippen LogP contribution is 2.34. The molecule has 11 nitrogen and oxygen atoms in total. The lowest BCUT2D eigenvalue weighted by molar-refractivity contribution is -0.123. The van der Waals surface area contributed by atoms with E-state index < -0.39 is 22.5 Å². The van der Waals surface area contributed by atoms with Crippen LogP contribution in [0.3, 0.4) is 0 Å². The molecule has 1 aromatic heterocycles. The Balaban J connectivity index is 1.38. The van der Waals surface area contributed by atoms with Gasteiger partial charge in [-0.3, -0.25) is 13.9 Å². The molecule has 0 spiro atoms. The molecule has 4 aromatic rings. The number of carbonyl (C=O) groups is 2. The first-order valence-corrected chi connectivity index (χ1v) is 14.7. The number of sulfonamides is 1. The maximum Gasteiger partial charge on any atom is 0.264 e. The van der Waals surface area contributed by atoms with Gasteiger partial charge in [0.1, 0.15) is 23.8 Å². The van der Waals surface area contributed by atoms with E-state index in [1.165, 1.54) is 43.9 Å².